The molecule has 1 unspecified atom stereocenters. The van der Waals surface area contributed by atoms with Crippen LogP contribution >= 0.6 is 11.8 Å². The van der Waals surface area contributed by atoms with Crippen LogP contribution in [0.25, 0.3) is 0 Å². The second-order valence-corrected chi connectivity index (χ2v) is 5.96. The molecule has 0 spiro atoms. The average molecular weight is 286 g/mol. The van der Waals surface area contributed by atoms with Gasteiger partial charge in [0, 0.05) is 18.3 Å². The van der Waals surface area contributed by atoms with Crippen molar-refractivity contribution in [1.82, 2.24) is 9.97 Å². The number of nitrogens with two attached hydrogens (primary N) is 1. The van der Waals surface area contributed by atoms with E-state index < -0.39 is 0 Å². The van der Waals surface area contributed by atoms with Crippen LogP contribution in [0.2, 0.25) is 0 Å². The van der Waals surface area contributed by atoms with E-state index in [-0.39, 0.29) is 0 Å². The zero-order valence-electron chi connectivity index (χ0n) is 11.7. The molecule has 1 aliphatic rings. The minimum atomic E-state index is 0.523. The Morgan fingerprint density at radius 2 is 2.10 bits per heavy atom. The summed E-state index contributed by atoms with van der Waals surface area (Å²) < 4.78 is 0. The number of thioether (sulfide) groups is 1. The van der Waals surface area contributed by atoms with Crippen molar-refractivity contribution in [3.63, 3.8) is 0 Å². The zero-order chi connectivity index (χ0) is 14.1. The summed E-state index contributed by atoms with van der Waals surface area (Å²) in [6, 6.07) is 10.4. The molecule has 0 bridgehead atoms. The molecule has 2 aromatic rings. The first-order valence-electron chi connectivity index (χ1n) is 6.71. The fourth-order valence-electron chi connectivity index (χ4n) is 2.67. The van der Waals surface area contributed by atoms with Crippen LogP contribution in [-0.4, -0.2) is 22.8 Å². The van der Waals surface area contributed by atoms with Crippen LogP contribution in [0.5, 0.6) is 0 Å². The second-order valence-electron chi connectivity index (χ2n) is 5.19. The highest BCUT2D eigenvalue weighted by Crippen LogP contribution is 2.35. The first-order valence-corrected chi connectivity index (χ1v) is 7.94. The molecule has 2 N–H and O–H groups in total. The van der Waals surface area contributed by atoms with E-state index in [1.807, 2.05) is 12.3 Å². The molecular weight excluding hydrogens is 268 g/mol. The molecule has 0 radical (unpaired) electrons. The molecule has 4 nitrogen and oxygen atoms in total. The number of para-hydroxylation sites is 1. The van der Waals surface area contributed by atoms with Crippen molar-refractivity contribution in [3.8, 4) is 0 Å². The van der Waals surface area contributed by atoms with Crippen LogP contribution < -0.4 is 10.6 Å². The van der Waals surface area contributed by atoms with Gasteiger partial charge >= 0.3 is 0 Å². The van der Waals surface area contributed by atoms with Crippen molar-refractivity contribution in [2.24, 2.45) is 5.92 Å². The summed E-state index contributed by atoms with van der Waals surface area (Å²) in [6.07, 6.45) is 3.08. The molecule has 0 fully saturated rings. The van der Waals surface area contributed by atoms with Crippen LogP contribution in [0.3, 0.4) is 0 Å². The third kappa shape index (κ3) is 2.45. The Labute approximate surface area is 123 Å². The van der Waals surface area contributed by atoms with Gasteiger partial charge in [0.1, 0.15) is 11.6 Å². The highest BCUT2D eigenvalue weighted by molar-refractivity contribution is 7.98. The van der Waals surface area contributed by atoms with E-state index in [0.29, 0.717) is 11.7 Å². The molecule has 1 atom stereocenters. The van der Waals surface area contributed by atoms with Gasteiger partial charge in [0.05, 0.1) is 0 Å². The van der Waals surface area contributed by atoms with Gasteiger partial charge in [-0.25, -0.2) is 9.97 Å². The Morgan fingerprint density at radius 3 is 2.90 bits per heavy atom. The Balaban J connectivity index is 2.08. The molecular formula is C15H18N4S. The van der Waals surface area contributed by atoms with Gasteiger partial charge in [0.2, 0.25) is 0 Å². The Hall–Kier alpha value is -1.75. The fraction of sp³-hybridized carbons (Fsp3) is 0.333. The van der Waals surface area contributed by atoms with Crippen molar-refractivity contribution >= 4 is 29.1 Å². The lowest BCUT2D eigenvalue weighted by molar-refractivity contribution is 0.559. The summed E-state index contributed by atoms with van der Waals surface area (Å²) in [5, 5.41) is 0.718. The number of hydrogen-bond donors (Lipinski definition) is 1. The quantitative estimate of drug-likeness (QED) is 0.679. The lowest BCUT2D eigenvalue weighted by atomic mass is 9.94. The van der Waals surface area contributed by atoms with E-state index in [0.717, 1.165) is 23.9 Å². The largest absolute Gasteiger partial charge is 0.383 e. The number of hydrogen-bond acceptors (Lipinski definition) is 5. The molecule has 0 aliphatic carbocycles. The molecule has 0 saturated carbocycles. The Morgan fingerprint density at radius 1 is 1.30 bits per heavy atom. The number of benzene rings is 1. The standard InChI is InChI=1S/C15H18N4S/c1-10-7-11-5-3-4-6-12(11)19(9-10)14-8-13(16)17-15(18-14)20-2/h3-6,8,10H,7,9H2,1-2H3,(H2,16,17,18). The Kier molecular flexibility index (Phi) is 3.53. The van der Waals surface area contributed by atoms with Gasteiger partial charge in [-0.15, -0.1) is 0 Å². The van der Waals surface area contributed by atoms with E-state index in [4.69, 9.17) is 5.73 Å². The van der Waals surface area contributed by atoms with Crippen LogP contribution in [0.15, 0.2) is 35.5 Å². The van der Waals surface area contributed by atoms with E-state index in [1.54, 1.807) is 0 Å². The molecule has 1 aromatic heterocycles. The van der Waals surface area contributed by atoms with Crippen molar-refractivity contribution in [3.05, 3.63) is 35.9 Å². The maximum absolute atomic E-state index is 5.91. The first-order chi connectivity index (χ1) is 9.67. The van der Waals surface area contributed by atoms with Gasteiger partial charge in [-0.05, 0) is 30.2 Å². The van der Waals surface area contributed by atoms with Crippen LogP contribution in [0.4, 0.5) is 17.3 Å². The highest BCUT2D eigenvalue weighted by atomic mass is 32.2. The summed E-state index contributed by atoms with van der Waals surface area (Å²) in [7, 11) is 0. The van der Waals surface area contributed by atoms with Gasteiger partial charge in [-0.2, -0.15) is 0 Å². The summed E-state index contributed by atoms with van der Waals surface area (Å²) in [5.41, 5.74) is 8.51. The van der Waals surface area contributed by atoms with Crippen molar-refractivity contribution in [1.29, 1.82) is 0 Å². The smallest absolute Gasteiger partial charge is 0.191 e. The number of nitrogen functional groups attached to an aromatic ring is 1. The number of aromatic nitrogens is 2. The predicted molar refractivity (Wildman–Crippen MR) is 84.5 cm³/mol. The second kappa shape index (κ2) is 5.32. The summed E-state index contributed by atoms with van der Waals surface area (Å²) in [6.45, 7) is 3.23. The lowest BCUT2D eigenvalue weighted by Crippen LogP contribution is -2.31. The van der Waals surface area contributed by atoms with Gasteiger partial charge in [0.15, 0.2) is 5.16 Å². The first kappa shape index (κ1) is 13.2. The number of anilines is 3. The molecule has 20 heavy (non-hydrogen) atoms. The fourth-order valence-corrected chi connectivity index (χ4v) is 3.06. The summed E-state index contributed by atoms with van der Waals surface area (Å²) in [4.78, 5) is 11.1. The maximum Gasteiger partial charge on any atom is 0.191 e. The molecule has 104 valence electrons. The number of nitrogens with zero attached hydrogens (tertiary/aromatic N) is 3. The summed E-state index contributed by atoms with van der Waals surface area (Å²) in [5.74, 6) is 2.01. The number of rotatable bonds is 2. The topological polar surface area (TPSA) is 55.0 Å². The van der Waals surface area contributed by atoms with Crippen LogP contribution in [0, 0.1) is 5.92 Å². The highest BCUT2D eigenvalue weighted by Gasteiger charge is 2.23. The van der Waals surface area contributed by atoms with Crippen molar-refractivity contribution < 1.29 is 0 Å². The van der Waals surface area contributed by atoms with E-state index >= 15 is 0 Å². The van der Waals surface area contributed by atoms with E-state index in [9.17, 15) is 0 Å². The molecule has 0 saturated heterocycles. The van der Waals surface area contributed by atoms with Crippen LogP contribution in [-0.2, 0) is 6.42 Å². The molecule has 0 amide bonds. The lowest BCUT2D eigenvalue weighted by Gasteiger charge is -2.34. The van der Waals surface area contributed by atoms with E-state index in [1.165, 1.54) is 23.0 Å². The van der Waals surface area contributed by atoms with Crippen molar-refractivity contribution in [2.75, 3.05) is 23.4 Å². The predicted octanol–water partition coefficient (Wildman–Crippen LogP) is 3.11. The SMILES string of the molecule is CSc1nc(N)cc(N2CC(C)Cc3ccccc32)n1. The minimum Gasteiger partial charge on any atom is -0.383 e. The molecule has 5 heteroatoms. The monoisotopic (exact) mass is 286 g/mol. The molecule has 1 aliphatic heterocycles. The molecule has 1 aromatic carbocycles. The van der Waals surface area contributed by atoms with Gasteiger partial charge in [-0.1, -0.05) is 36.9 Å². The summed E-state index contributed by atoms with van der Waals surface area (Å²) >= 11 is 1.51. The maximum atomic E-state index is 5.91. The minimum absolute atomic E-state index is 0.523. The van der Waals surface area contributed by atoms with E-state index in [2.05, 4.69) is 46.1 Å². The van der Waals surface area contributed by atoms with Crippen molar-refractivity contribution in [2.45, 2.75) is 18.5 Å². The Bertz CT molecular complexity index is 629. The molecule has 2 heterocycles. The normalized spacial score (nSPS) is 17.9. The average Bonchev–Trinajstić information content (AvgIpc) is 2.45. The third-order valence-electron chi connectivity index (χ3n) is 3.52. The molecule has 3 rings (SSSR count). The zero-order valence-corrected chi connectivity index (χ0v) is 12.5. The van der Waals surface area contributed by atoms with Crippen LogP contribution in [0.1, 0.15) is 12.5 Å². The van der Waals surface area contributed by atoms with Gasteiger partial charge < -0.3 is 10.6 Å². The van der Waals surface area contributed by atoms with Gasteiger partial charge in [-0.3, -0.25) is 0 Å². The number of fused-ring (bicyclic) bond motifs is 1. The van der Waals surface area contributed by atoms with Gasteiger partial charge in [0.25, 0.3) is 0 Å². The third-order valence-corrected chi connectivity index (χ3v) is 4.06.